The molecule has 6 nitrogen and oxygen atoms in total. The number of rotatable bonds is 7. The van der Waals surface area contributed by atoms with Gasteiger partial charge in [-0.2, -0.15) is 5.21 Å². The second-order valence-electron chi connectivity index (χ2n) is 5.53. The van der Waals surface area contributed by atoms with Gasteiger partial charge in [-0.25, -0.2) is 0 Å². The minimum Gasteiger partial charge on any atom is -0.355 e. The van der Waals surface area contributed by atoms with E-state index >= 15 is 0 Å². The predicted octanol–water partition coefficient (Wildman–Crippen LogP) is 1.62. The average molecular weight is 287 g/mol. The fourth-order valence-electron chi connectivity index (χ4n) is 2.11. The van der Waals surface area contributed by atoms with E-state index in [1.807, 2.05) is 44.2 Å². The molecule has 0 spiro atoms. The summed E-state index contributed by atoms with van der Waals surface area (Å²) >= 11 is 0. The van der Waals surface area contributed by atoms with Gasteiger partial charge < -0.3 is 5.32 Å². The first kappa shape index (κ1) is 15.2. The van der Waals surface area contributed by atoms with Crippen LogP contribution in [0.2, 0.25) is 0 Å². The number of carbonyl (C=O) groups is 1. The molecule has 21 heavy (non-hydrogen) atoms. The Hall–Kier alpha value is -2.24. The molecule has 1 aromatic heterocycles. The molecule has 6 heteroatoms. The highest BCUT2D eigenvalue weighted by atomic mass is 16.2. The van der Waals surface area contributed by atoms with Gasteiger partial charge in [0.2, 0.25) is 5.91 Å². The van der Waals surface area contributed by atoms with E-state index in [1.54, 1.807) is 0 Å². The number of carbonyl (C=O) groups excluding carboxylic acids is 1. The van der Waals surface area contributed by atoms with Crippen molar-refractivity contribution in [2.45, 2.75) is 38.5 Å². The third-order valence-corrected chi connectivity index (χ3v) is 3.57. The highest BCUT2D eigenvalue weighted by molar-refractivity contribution is 5.87. The molecule has 1 heterocycles. The Kier molecular flexibility index (Phi) is 5.03. The van der Waals surface area contributed by atoms with E-state index in [2.05, 4.69) is 25.9 Å². The SMILES string of the molecule is CC(C)(C(=O)NCCCCc1nn[nH]n1)c1ccccc1. The summed E-state index contributed by atoms with van der Waals surface area (Å²) in [5.41, 5.74) is 0.504. The van der Waals surface area contributed by atoms with E-state index in [1.165, 1.54) is 0 Å². The lowest BCUT2D eigenvalue weighted by Crippen LogP contribution is -2.40. The van der Waals surface area contributed by atoms with Gasteiger partial charge in [0.1, 0.15) is 0 Å². The van der Waals surface area contributed by atoms with Gasteiger partial charge in [-0.05, 0) is 32.3 Å². The van der Waals surface area contributed by atoms with Crippen molar-refractivity contribution in [3.63, 3.8) is 0 Å². The van der Waals surface area contributed by atoms with Crippen molar-refractivity contribution >= 4 is 5.91 Å². The van der Waals surface area contributed by atoms with Gasteiger partial charge in [0.05, 0.1) is 5.41 Å². The maximum absolute atomic E-state index is 12.3. The van der Waals surface area contributed by atoms with Crippen molar-refractivity contribution in [1.82, 2.24) is 25.9 Å². The number of amides is 1. The summed E-state index contributed by atoms with van der Waals surface area (Å²) in [4.78, 5) is 12.3. The van der Waals surface area contributed by atoms with Crippen molar-refractivity contribution < 1.29 is 4.79 Å². The summed E-state index contributed by atoms with van der Waals surface area (Å²) in [6.07, 6.45) is 2.59. The Morgan fingerprint density at radius 2 is 2.00 bits per heavy atom. The van der Waals surface area contributed by atoms with Crippen LogP contribution in [-0.2, 0) is 16.6 Å². The summed E-state index contributed by atoms with van der Waals surface area (Å²) in [5.74, 6) is 0.763. The number of H-pyrrole nitrogens is 1. The predicted molar refractivity (Wildman–Crippen MR) is 79.6 cm³/mol. The Labute approximate surface area is 124 Å². The molecule has 0 bridgehead atoms. The minimum absolute atomic E-state index is 0.0493. The lowest BCUT2D eigenvalue weighted by atomic mass is 9.84. The summed E-state index contributed by atoms with van der Waals surface area (Å²) < 4.78 is 0. The van der Waals surface area contributed by atoms with Crippen molar-refractivity contribution in [2.24, 2.45) is 0 Å². The molecule has 0 saturated heterocycles. The average Bonchev–Trinajstić information content (AvgIpc) is 3.01. The smallest absolute Gasteiger partial charge is 0.230 e. The fourth-order valence-corrected chi connectivity index (χ4v) is 2.11. The molecule has 2 aromatic rings. The summed E-state index contributed by atoms with van der Waals surface area (Å²) in [6, 6.07) is 9.83. The highest BCUT2D eigenvalue weighted by Gasteiger charge is 2.28. The number of aromatic nitrogens is 4. The van der Waals surface area contributed by atoms with Gasteiger partial charge in [0.15, 0.2) is 5.82 Å². The van der Waals surface area contributed by atoms with Crippen molar-refractivity contribution in [1.29, 1.82) is 0 Å². The van der Waals surface area contributed by atoms with E-state index in [0.717, 1.165) is 24.8 Å². The zero-order valence-electron chi connectivity index (χ0n) is 12.5. The van der Waals surface area contributed by atoms with Crippen LogP contribution in [0.1, 0.15) is 38.1 Å². The minimum atomic E-state index is -0.519. The van der Waals surface area contributed by atoms with E-state index in [9.17, 15) is 4.79 Å². The number of aryl methyl sites for hydroxylation is 1. The molecule has 0 fully saturated rings. The zero-order valence-corrected chi connectivity index (χ0v) is 12.5. The number of hydrogen-bond acceptors (Lipinski definition) is 4. The second-order valence-corrected chi connectivity index (χ2v) is 5.53. The van der Waals surface area contributed by atoms with Crippen LogP contribution in [0.4, 0.5) is 0 Å². The number of aromatic amines is 1. The van der Waals surface area contributed by atoms with Gasteiger partial charge in [0, 0.05) is 13.0 Å². The molecular weight excluding hydrogens is 266 g/mol. The lowest BCUT2D eigenvalue weighted by molar-refractivity contribution is -0.125. The first-order valence-corrected chi connectivity index (χ1v) is 7.17. The number of benzene rings is 1. The first-order valence-electron chi connectivity index (χ1n) is 7.17. The molecular formula is C15H21N5O. The largest absolute Gasteiger partial charge is 0.355 e. The Morgan fingerprint density at radius 1 is 1.24 bits per heavy atom. The van der Waals surface area contributed by atoms with Crippen LogP contribution >= 0.6 is 0 Å². The third-order valence-electron chi connectivity index (χ3n) is 3.57. The molecule has 2 rings (SSSR count). The van der Waals surface area contributed by atoms with Crippen LogP contribution in [0.15, 0.2) is 30.3 Å². The van der Waals surface area contributed by atoms with Crippen LogP contribution < -0.4 is 5.32 Å². The Bertz CT molecular complexity index is 551. The molecule has 0 aliphatic carbocycles. The zero-order chi connectivity index (χ0) is 15.1. The van der Waals surface area contributed by atoms with Crippen LogP contribution in [0.25, 0.3) is 0 Å². The molecule has 0 radical (unpaired) electrons. The van der Waals surface area contributed by atoms with E-state index in [0.29, 0.717) is 12.4 Å². The monoisotopic (exact) mass is 287 g/mol. The quantitative estimate of drug-likeness (QED) is 0.758. The Balaban J connectivity index is 1.74. The standard InChI is InChI=1S/C15H21N5O/c1-15(2,12-8-4-3-5-9-12)14(21)16-11-7-6-10-13-17-19-20-18-13/h3-5,8-9H,6-7,10-11H2,1-2H3,(H,16,21)(H,17,18,19,20). The Morgan fingerprint density at radius 3 is 2.67 bits per heavy atom. The summed E-state index contributed by atoms with van der Waals surface area (Å²) in [6.45, 7) is 4.54. The second kappa shape index (κ2) is 6.97. The summed E-state index contributed by atoms with van der Waals surface area (Å²) in [7, 11) is 0. The van der Waals surface area contributed by atoms with Crippen molar-refractivity contribution in [3.05, 3.63) is 41.7 Å². The third kappa shape index (κ3) is 4.11. The molecule has 0 aliphatic rings. The number of hydrogen-bond donors (Lipinski definition) is 2. The van der Waals surface area contributed by atoms with Crippen molar-refractivity contribution in [2.75, 3.05) is 6.54 Å². The van der Waals surface area contributed by atoms with Gasteiger partial charge in [-0.15, -0.1) is 10.2 Å². The van der Waals surface area contributed by atoms with E-state index in [-0.39, 0.29) is 5.91 Å². The molecule has 0 unspecified atom stereocenters. The van der Waals surface area contributed by atoms with Gasteiger partial charge in [0.25, 0.3) is 0 Å². The molecule has 112 valence electrons. The van der Waals surface area contributed by atoms with Crippen LogP contribution in [-0.4, -0.2) is 33.1 Å². The molecule has 0 saturated carbocycles. The topological polar surface area (TPSA) is 83.6 Å². The van der Waals surface area contributed by atoms with Gasteiger partial charge >= 0.3 is 0 Å². The van der Waals surface area contributed by atoms with E-state index < -0.39 is 5.41 Å². The molecule has 0 atom stereocenters. The number of nitrogens with zero attached hydrogens (tertiary/aromatic N) is 3. The number of nitrogens with one attached hydrogen (secondary N) is 2. The summed E-state index contributed by atoms with van der Waals surface area (Å²) in [5, 5.41) is 16.7. The highest BCUT2D eigenvalue weighted by Crippen LogP contribution is 2.22. The number of unbranched alkanes of at least 4 members (excludes halogenated alkanes) is 1. The maximum atomic E-state index is 12.3. The fraction of sp³-hybridized carbons (Fsp3) is 0.467. The lowest BCUT2D eigenvalue weighted by Gasteiger charge is -2.24. The molecule has 1 aromatic carbocycles. The van der Waals surface area contributed by atoms with Crippen LogP contribution in [0.3, 0.4) is 0 Å². The molecule has 2 N–H and O–H groups in total. The van der Waals surface area contributed by atoms with Crippen molar-refractivity contribution in [3.8, 4) is 0 Å². The molecule has 1 amide bonds. The van der Waals surface area contributed by atoms with Crippen LogP contribution in [0, 0.1) is 0 Å². The maximum Gasteiger partial charge on any atom is 0.230 e. The number of tetrazole rings is 1. The van der Waals surface area contributed by atoms with E-state index in [4.69, 9.17) is 0 Å². The van der Waals surface area contributed by atoms with Gasteiger partial charge in [-0.1, -0.05) is 35.5 Å². The normalized spacial score (nSPS) is 11.3. The van der Waals surface area contributed by atoms with Gasteiger partial charge in [-0.3, -0.25) is 4.79 Å². The van der Waals surface area contributed by atoms with Crippen LogP contribution in [0.5, 0.6) is 0 Å². The molecule has 0 aliphatic heterocycles. The first-order chi connectivity index (χ1) is 10.1.